The van der Waals surface area contributed by atoms with E-state index in [1.54, 1.807) is 31.4 Å². The molecular weight excluding hydrogens is 256 g/mol. The van der Waals surface area contributed by atoms with E-state index in [0.29, 0.717) is 17.2 Å². The van der Waals surface area contributed by atoms with Gasteiger partial charge < -0.3 is 9.26 Å². The number of anilines is 1. The number of benzene rings is 1. The standard InChI is InChI=1S/C15H16N2O3/c1-19-11-6-4-5-10(9-11)14(18)16-15-12-7-2-3-8-13(12)17-20-15/h4-6,9H,2-3,7-8H2,1H3,(H,16,18). The van der Waals surface area contributed by atoms with Crippen LogP contribution < -0.4 is 10.1 Å². The third kappa shape index (κ3) is 2.39. The molecule has 1 aliphatic carbocycles. The fraction of sp³-hybridized carbons (Fsp3) is 0.333. The molecule has 0 radical (unpaired) electrons. The zero-order valence-electron chi connectivity index (χ0n) is 11.3. The molecule has 1 aromatic heterocycles. The molecule has 0 saturated heterocycles. The van der Waals surface area contributed by atoms with Gasteiger partial charge in [-0.1, -0.05) is 11.2 Å². The molecule has 0 spiro atoms. The Kier molecular flexibility index (Phi) is 3.41. The Labute approximate surface area is 116 Å². The molecule has 2 aromatic rings. The minimum atomic E-state index is -0.214. The van der Waals surface area contributed by atoms with Gasteiger partial charge in [0.2, 0.25) is 5.88 Å². The number of amides is 1. The van der Waals surface area contributed by atoms with E-state index in [0.717, 1.165) is 36.9 Å². The van der Waals surface area contributed by atoms with E-state index >= 15 is 0 Å². The SMILES string of the molecule is COc1cccc(C(=O)Nc2onc3c2CCCC3)c1. The highest BCUT2D eigenvalue weighted by molar-refractivity contribution is 6.04. The van der Waals surface area contributed by atoms with Gasteiger partial charge in [0.1, 0.15) is 5.75 Å². The monoisotopic (exact) mass is 272 g/mol. The number of carbonyl (C=O) groups excluding carboxylic acids is 1. The van der Waals surface area contributed by atoms with Crippen molar-refractivity contribution < 1.29 is 14.1 Å². The highest BCUT2D eigenvalue weighted by Crippen LogP contribution is 2.28. The molecule has 0 saturated carbocycles. The summed E-state index contributed by atoms with van der Waals surface area (Å²) >= 11 is 0. The molecule has 0 aliphatic heterocycles. The van der Waals surface area contributed by atoms with E-state index in [4.69, 9.17) is 9.26 Å². The predicted molar refractivity (Wildman–Crippen MR) is 74.1 cm³/mol. The van der Waals surface area contributed by atoms with Crippen LogP contribution in [0.5, 0.6) is 5.75 Å². The van der Waals surface area contributed by atoms with Gasteiger partial charge in [-0.15, -0.1) is 0 Å². The molecule has 0 bridgehead atoms. The molecule has 1 N–H and O–H groups in total. The van der Waals surface area contributed by atoms with E-state index < -0.39 is 0 Å². The summed E-state index contributed by atoms with van der Waals surface area (Å²) in [7, 11) is 1.57. The number of carbonyl (C=O) groups is 1. The van der Waals surface area contributed by atoms with Gasteiger partial charge in [-0.05, 0) is 43.9 Å². The van der Waals surface area contributed by atoms with Gasteiger partial charge in [0.05, 0.1) is 12.8 Å². The zero-order chi connectivity index (χ0) is 13.9. The van der Waals surface area contributed by atoms with E-state index in [9.17, 15) is 4.79 Å². The smallest absolute Gasteiger partial charge is 0.258 e. The maximum Gasteiger partial charge on any atom is 0.258 e. The lowest BCUT2D eigenvalue weighted by molar-refractivity contribution is 0.102. The van der Waals surface area contributed by atoms with Crippen LogP contribution in [-0.2, 0) is 12.8 Å². The number of aryl methyl sites for hydroxylation is 1. The van der Waals surface area contributed by atoms with E-state index in [-0.39, 0.29) is 5.91 Å². The largest absolute Gasteiger partial charge is 0.497 e. The van der Waals surface area contributed by atoms with Crippen molar-refractivity contribution in [2.24, 2.45) is 0 Å². The maximum atomic E-state index is 12.2. The van der Waals surface area contributed by atoms with Crippen molar-refractivity contribution in [1.82, 2.24) is 5.16 Å². The first-order valence-electron chi connectivity index (χ1n) is 6.71. The van der Waals surface area contributed by atoms with Crippen molar-refractivity contribution in [2.75, 3.05) is 12.4 Å². The second-order valence-corrected chi connectivity index (χ2v) is 4.83. The fourth-order valence-electron chi connectivity index (χ4n) is 2.43. The third-order valence-electron chi connectivity index (χ3n) is 3.52. The average Bonchev–Trinajstić information content (AvgIpc) is 2.90. The number of nitrogens with one attached hydrogen (secondary N) is 1. The molecule has 20 heavy (non-hydrogen) atoms. The molecular formula is C15H16N2O3. The number of methoxy groups -OCH3 is 1. The summed E-state index contributed by atoms with van der Waals surface area (Å²) in [6.07, 6.45) is 4.07. The lowest BCUT2D eigenvalue weighted by atomic mass is 9.97. The van der Waals surface area contributed by atoms with E-state index in [2.05, 4.69) is 10.5 Å². The molecule has 0 unspecified atom stereocenters. The quantitative estimate of drug-likeness (QED) is 0.933. The van der Waals surface area contributed by atoms with Gasteiger partial charge in [0.25, 0.3) is 5.91 Å². The van der Waals surface area contributed by atoms with E-state index in [1.807, 2.05) is 0 Å². The van der Waals surface area contributed by atoms with Crippen LogP contribution in [-0.4, -0.2) is 18.2 Å². The van der Waals surface area contributed by atoms with Crippen molar-refractivity contribution in [2.45, 2.75) is 25.7 Å². The Morgan fingerprint density at radius 3 is 3.05 bits per heavy atom. The maximum absolute atomic E-state index is 12.2. The number of rotatable bonds is 3. The van der Waals surface area contributed by atoms with Gasteiger partial charge in [-0.3, -0.25) is 10.1 Å². The highest BCUT2D eigenvalue weighted by Gasteiger charge is 2.21. The Morgan fingerprint density at radius 2 is 2.20 bits per heavy atom. The predicted octanol–water partition coefficient (Wildman–Crippen LogP) is 2.81. The summed E-state index contributed by atoms with van der Waals surface area (Å²) in [6, 6.07) is 7.01. The van der Waals surface area contributed by atoms with Gasteiger partial charge in [0.15, 0.2) is 0 Å². The highest BCUT2D eigenvalue weighted by atomic mass is 16.5. The van der Waals surface area contributed by atoms with Crippen LogP contribution in [0.4, 0.5) is 5.88 Å². The van der Waals surface area contributed by atoms with Crippen LogP contribution in [0.15, 0.2) is 28.8 Å². The van der Waals surface area contributed by atoms with Crippen molar-refractivity contribution >= 4 is 11.8 Å². The number of aromatic nitrogens is 1. The Morgan fingerprint density at radius 1 is 1.35 bits per heavy atom. The van der Waals surface area contributed by atoms with Crippen LogP contribution in [0.1, 0.15) is 34.5 Å². The summed E-state index contributed by atoms with van der Waals surface area (Å²) < 4.78 is 10.4. The van der Waals surface area contributed by atoms with Crippen molar-refractivity contribution in [3.8, 4) is 5.75 Å². The third-order valence-corrected chi connectivity index (χ3v) is 3.52. The minimum Gasteiger partial charge on any atom is -0.497 e. The van der Waals surface area contributed by atoms with Crippen molar-refractivity contribution in [3.63, 3.8) is 0 Å². The molecule has 5 heteroatoms. The summed E-state index contributed by atoms with van der Waals surface area (Å²) in [5.74, 6) is 0.915. The first-order chi connectivity index (χ1) is 9.78. The fourth-order valence-corrected chi connectivity index (χ4v) is 2.43. The Hall–Kier alpha value is -2.30. The number of ether oxygens (including phenoxy) is 1. The number of fused-ring (bicyclic) bond motifs is 1. The first kappa shape index (κ1) is 12.7. The average molecular weight is 272 g/mol. The molecule has 0 fully saturated rings. The van der Waals surface area contributed by atoms with Gasteiger partial charge in [-0.2, -0.15) is 0 Å². The molecule has 1 aliphatic rings. The molecule has 3 rings (SSSR count). The summed E-state index contributed by atoms with van der Waals surface area (Å²) in [5, 5.41) is 6.82. The molecule has 0 atom stereocenters. The first-order valence-corrected chi connectivity index (χ1v) is 6.71. The summed E-state index contributed by atoms with van der Waals surface area (Å²) in [4.78, 5) is 12.2. The summed E-state index contributed by atoms with van der Waals surface area (Å²) in [5.41, 5.74) is 2.54. The van der Waals surface area contributed by atoms with Crippen LogP contribution in [0.3, 0.4) is 0 Å². The zero-order valence-corrected chi connectivity index (χ0v) is 11.3. The second kappa shape index (κ2) is 5.36. The normalized spacial score (nSPS) is 13.7. The molecule has 5 nitrogen and oxygen atoms in total. The van der Waals surface area contributed by atoms with Crippen LogP contribution >= 0.6 is 0 Å². The van der Waals surface area contributed by atoms with Crippen LogP contribution in [0.2, 0.25) is 0 Å². The lowest BCUT2D eigenvalue weighted by Gasteiger charge is -2.09. The van der Waals surface area contributed by atoms with Crippen molar-refractivity contribution in [1.29, 1.82) is 0 Å². The molecule has 1 amide bonds. The van der Waals surface area contributed by atoms with Gasteiger partial charge >= 0.3 is 0 Å². The van der Waals surface area contributed by atoms with Crippen LogP contribution in [0, 0.1) is 0 Å². The summed E-state index contributed by atoms with van der Waals surface area (Å²) in [6.45, 7) is 0. The minimum absolute atomic E-state index is 0.214. The lowest BCUT2D eigenvalue weighted by Crippen LogP contribution is -2.13. The molecule has 1 aromatic carbocycles. The van der Waals surface area contributed by atoms with Gasteiger partial charge in [0, 0.05) is 11.1 Å². The number of hydrogen-bond acceptors (Lipinski definition) is 4. The number of nitrogens with zero attached hydrogens (tertiary/aromatic N) is 1. The molecule has 104 valence electrons. The van der Waals surface area contributed by atoms with Crippen LogP contribution in [0.25, 0.3) is 0 Å². The second-order valence-electron chi connectivity index (χ2n) is 4.83. The number of hydrogen-bond donors (Lipinski definition) is 1. The van der Waals surface area contributed by atoms with Gasteiger partial charge in [-0.25, -0.2) is 0 Å². The Balaban J connectivity index is 1.80. The topological polar surface area (TPSA) is 64.4 Å². The molecule has 1 heterocycles. The Bertz CT molecular complexity index is 634. The van der Waals surface area contributed by atoms with E-state index in [1.165, 1.54) is 0 Å². The van der Waals surface area contributed by atoms with Crippen molar-refractivity contribution in [3.05, 3.63) is 41.1 Å².